The number of ether oxygens (including phenoxy) is 1. The second-order valence-corrected chi connectivity index (χ2v) is 7.24. The minimum Gasteiger partial charge on any atom is -0.449 e. The zero-order chi connectivity index (χ0) is 22.3. The molecule has 0 saturated heterocycles. The fourth-order valence-electron chi connectivity index (χ4n) is 3.38. The van der Waals surface area contributed by atoms with E-state index in [4.69, 9.17) is 4.74 Å². The molecule has 0 saturated carbocycles. The Morgan fingerprint density at radius 3 is 2.50 bits per heavy atom. The highest BCUT2D eigenvalue weighted by molar-refractivity contribution is 6.00. The number of rotatable bonds is 6. The molecule has 5 heteroatoms. The van der Waals surface area contributed by atoms with E-state index in [1.54, 1.807) is 19.2 Å². The summed E-state index contributed by atoms with van der Waals surface area (Å²) < 4.78 is 5.31. The molecule has 1 heterocycles. The van der Waals surface area contributed by atoms with Crippen molar-refractivity contribution in [1.29, 1.82) is 0 Å². The molecule has 32 heavy (non-hydrogen) atoms. The molecule has 0 spiro atoms. The second kappa shape index (κ2) is 9.71. The van der Waals surface area contributed by atoms with E-state index >= 15 is 0 Å². The van der Waals surface area contributed by atoms with Gasteiger partial charge in [0.05, 0.1) is 5.52 Å². The van der Waals surface area contributed by atoms with Crippen LogP contribution in [0.3, 0.4) is 0 Å². The predicted octanol–water partition coefficient (Wildman–Crippen LogP) is 5.49. The summed E-state index contributed by atoms with van der Waals surface area (Å²) in [5, 5.41) is 3.84. The molecule has 158 valence electrons. The molecule has 0 radical (unpaired) electrons. The number of aromatic nitrogens is 1. The average molecular weight is 422 g/mol. The highest BCUT2D eigenvalue weighted by Gasteiger charge is 2.18. The number of benzene rings is 3. The lowest BCUT2D eigenvalue weighted by atomic mass is 10.0. The van der Waals surface area contributed by atoms with Crippen molar-refractivity contribution in [2.24, 2.45) is 0 Å². The van der Waals surface area contributed by atoms with Crippen LogP contribution in [0, 0.1) is 0 Å². The molecule has 1 atom stereocenters. The van der Waals surface area contributed by atoms with Gasteiger partial charge in [0, 0.05) is 34.5 Å². The Labute approximate surface area is 186 Å². The molecule has 1 aromatic heterocycles. The van der Waals surface area contributed by atoms with Gasteiger partial charge in [-0.1, -0.05) is 72.8 Å². The van der Waals surface area contributed by atoms with Gasteiger partial charge >= 0.3 is 5.97 Å². The van der Waals surface area contributed by atoms with Gasteiger partial charge in [-0.25, -0.2) is 4.79 Å². The maximum Gasteiger partial charge on any atom is 0.331 e. The average Bonchev–Trinajstić information content (AvgIpc) is 2.83. The summed E-state index contributed by atoms with van der Waals surface area (Å²) >= 11 is 0. The van der Waals surface area contributed by atoms with E-state index < -0.39 is 18.0 Å². The maximum absolute atomic E-state index is 12.7. The van der Waals surface area contributed by atoms with Gasteiger partial charge in [-0.15, -0.1) is 0 Å². The van der Waals surface area contributed by atoms with Crippen molar-refractivity contribution in [2.75, 3.05) is 5.32 Å². The predicted molar refractivity (Wildman–Crippen MR) is 127 cm³/mol. The van der Waals surface area contributed by atoms with Crippen LogP contribution in [-0.4, -0.2) is 23.0 Å². The number of fused-ring (bicyclic) bond motifs is 1. The summed E-state index contributed by atoms with van der Waals surface area (Å²) in [4.78, 5) is 29.3. The van der Waals surface area contributed by atoms with Crippen LogP contribution in [0.2, 0.25) is 0 Å². The van der Waals surface area contributed by atoms with Crippen molar-refractivity contribution >= 4 is 34.5 Å². The van der Waals surface area contributed by atoms with Gasteiger partial charge in [0.1, 0.15) is 0 Å². The van der Waals surface area contributed by atoms with Gasteiger partial charge in [-0.05, 0) is 30.7 Å². The van der Waals surface area contributed by atoms with E-state index in [0.29, 0.717) is 5.69 Å². The third-order valence-electron chi connectivity index (χ3n) is 4.99. The van der Waals surface area contributed by atoms with Gasteiger partial charge in [-0.2, -0.15) is 0 Å². The SMILES string of the molecule is CC(OC(=O)/C=C/c1cccc2cccnc12)C(=O)Nc1ccccc1-c1ccccc1. The molecular weight excluding hydrogens is 400 g/mol. The van der Waals surface area contributed by atoms with Gasteiger partial charge in [0.25, 0.3) is 5.91 Å². The summed E-state index contributed by atoms with van der Waals surface area (Å²) in [5.41, 5.74) is 4.13. The first-order chi connectivity index (χ1) is 15.6. The Morgan fingerprint density at radius 1 is 0.906 bits per heavy atom. The summed E-state index contributed by atoms with van der Waals surface area (Å²) in [6, 6.07) is 26.8. The fourth-order valence-corrected chi connectivity index (χ4v) is 3.38. The first-order valence-corrected chi connectivity index (χ1v) is 10.3. The lowest BCUT2D eigenvalue weighted by Gasteiger charge is -2.15. The number of esters is 1. The topological polar surface area (TPSA) is 68.3 Å². The molecule has 0 bridgehead atoms. The summed E-state index contributed by atoms with van der Waals surface area (Å²) in [6.45, 7) is 1.55. The standard InChI is InChI=1S/C27H22N2O3/c1-19(27(31)29-24-15-6-5-14-23(24)20-9-3-2-4-10-20)32-25(30)17-16-22-12-7-11-21-13-8-18-28-26(21)22/h2-19H,1H3,(H,29,31)/b17-16+. The van der Waals surface area contributed by atoms with Crippen LogP contribution < -0.4 is 5.32 Å². The van der Waals surface area contributed by atoms with Crippen LogP contribution in [0.15, 0.2) is 97.2 Å². The summed E-state index contributed by atoms with van der Waals surface area (Å²) in [7, 11) is 0. The Hall–Kier alpha value is -4.25. The van der Waals surface area contributed by atoms with Crippen LogP contribution in [0.25, 0.3) is 28.1 Å². The number of anilines is 1. The second-order valence-electron chi connectivity index (χ2n) is 7.24. The minimum atomic E-state index is -0.957. The quantitative estimate of drug-likeness (QED) is 0.330. The summed E-state index contributed by atoms with van der Waals surface area (Å²) in [5.74, 6) is -1.00. The molecule has 3 aromatic carbocycles. The molecule has 0 aliphatic carbocycles. The summed E-state index contributed by atoms with van der Waals surface area (Å²) in [6.07, 6.45) is 3.71. The van der Waals surface area contributed by atoms with Crippen LogP contribution in [-0.2, 0) is 14.3 Å². The van der Waals surface area contributed by atoms with Gasteiger partial charge in [-0.3, -0.25) is 9.78 Å². The van der Waals surface area contributed by atoms with Crippen molar-refractivity contribution < 1.29 is 14.3 Å². The molecule has 0 fully saturated rings. The van der Waals surface area contributed by atoms with Crippen molar-refractivity contribution in [2.45, 2.75) is 13.0 Å². The van der Waals surface area contributed by atoms with Gasteiger partial charge in [0.2, 0.25) is 0 Å². The number of nitrogens with one attached hydrogen (secondary N) is 1. The van der Waals surface area contributed by atoms with Gasteiger partial charge in [0.15, 0.2) is 6.10 Å². The molecule has 1 amide bonds. The highest BCUT2D eigenvalue weighted by atomic mass is 16.5. The minimum absolute atomic E-state index is 0.401. The third-order valence-corrected chi connectivity index (χ3v) is 4.99. The van der Waals surface area contributed by atoms with E-state index in [1.165, 1.54) is 6.08 Å². The molecular formula is C27H22N2O3. The lowest BCUT2D eigenvalue weighted by Crippen LogP contribution is -2.29. The van der Waals surface area contributed by atoms with Crippen LogP contribution in [0.1, 0.15) is 12.5 Å². The maximum atomic E-state index is 12.7. The molecule has 4 aromatic rings. The third kappa shape index (κ3) is 4.90. The Balaban J connectivity index is 1.42. The number of hydrogen-bond donors (Lipinski definition) is 1. The number of hydrogen-bond acceptors (Lipinski definition) is 4. The number of nitrogens with zero attached hydrogens (tertiary/aromatic N) is 1. The Kier molecular flexibility index (Phi) is 6.37. The Morgan fingerprint density at radius 2 is 1.66 bits per heavy atom. The zero-order valence-corrected chi connectivity index (χ0v) is 17.6. The molecule has 1 unspecified atom stereocenters. The smallest absolute Gasteiger partial charge is 0.331 e. The fraction of sp³-hybridized carbons (Fsp3) is 0.0741. The molecule has 0 aliphatic heterocycles. The normalized spacial score (nSPS) is 11.9. The molecule has 5 nitrogen and oxygen atoms in total. The molecule has 0 aliphatic rings. The van der Waals surface area contributed by atoms with Crippen LogP contribution >= 0.6 is 0 Å². The van der Waals surface area contributed by atoms with Crippen molar-refractivity contribution in [3.8, 4) is 11.1 Å². The highest BCUT2D eigenvalue weighted by Crippen LogP contribution is 2.27. The number of pyridine rings is 1. The monoisotopic (exact) mass is 422 g/mol. The number of amides is 1. The van der Waals surface area contributed by atoms with Crippen molar-refractivity contribution in [3.05, 3.63) is 103 Å². The van der Waals surface area contributed by atoms with E-state index in [9.17, 15) is 9.59 Å². The first-order valence-electron chi connectivity index (χ1n) is 10.3. The van der Waals surface area contributed by atoms with E-state index in [1.807, 2.05) is 84.9 Å². The van der Waals surface area contributed by atoms with E-state index in [0.717, 1.165) is 27.6 Å². The Bertz CT molecular complexity index is 1280. The van der Waals surface area contributed by atoms with Crippen LogP contribution in [0.5, 0.6) is 0 Å². The van der Waals surface area contributed by atoms with Crippen LogP contribution in [0.4, 0.5) is 5.69 Å². The van der Waals surface area contributed by atoms with E-state index in [2.05, 4.69) is 10.3 Å². The van der Waals surface area contributed by atoms with Crippen molar-refractivity contribution in [1.82, 2.24) is 4.98 Å². The lowest BCUT2D eigenvalue weighted by molar-refractivity contribution is -0.148. The van der Waals surface area contributed by atoms with Crippen molar-refractivity contribution in [3.63, 3.8) is 0 Å². The number of para-hydroxylation sites is 2. The first kappa shape index (κ1) is 21.0. The number of carbonyl (C=O) groups is 2. The number of carbonyl (C=O) groups excluding carboxylic acids is 2. The van der Waals surface area contributed by atoms with Gasteiger partial charge < -0.3 is 10.1 Å². The van der Waals surface area contributed by atoms with E-state index in [-0.39, 0.29) is 0 Å². The molecule has 4 rings (SSSR count). The zero-order valence-electron chi connectivity index (χ0n) is 17.6. The largest absolute Gasteiger partial charge is 0.449 e. The molecule has 1 N–H and O–H groups in total.